The summed E-state index contributed by atoms with van der Waals surface area (Å²) >= 11 is 0. The van der Waals surface area contributed by atoms with Crippen molar-refractivity contribution in [3.8, 4) is 0 Å². The first kappa shape index (κ1) is 14.6. The molecule has 2 heterocycles. The summed E-state index contributed by atoms with van der Waals surface area (Å²) in [6.07, 6.45) is 4.48. The van der Waals surface area contributed by atoms with Crippen LogP contribution >= 0.6 is 0 Å². The van der Waals surface area contributed by atoms with Crippen molar-refractivity contribution in [2.45, 2.75) is 33.2 Å². The van der Waals surface area contributed by atoms with Gasteiger partial charge in [-0.1, -0.05) is 13.8 Å². The molecule has 0 saturated carbocycles. The van der Waals surface area contributed by atoms with Crippen LogP contribution in [0.5, 0.6) is 0 Å². The molecule has 1 aliphatic rings. The zero-order valence-electron chi connectivity index (χ0n) is 12.0. The molecule has 6 nitrogen and oxygen atoms in total. The molecule has 0 atom stereocenters. The van der Waals surface area contributed by atoms with Gasteiger partial charge in [-0.2, -0.15) is 0 Å². The van der Waals surface area contributed by atoms with Gasteiger partial charge in [0, 0.05) is 32.0 Å². The highest BCUT2D eigenvalue weighted by molar-refractivity contribution is 5.70. The molecule has 6 heteroatoms. The van der Waals surface area contributed by atoms with Crippen LogP contribution in [0.1, 0.15) is 26.7 Å². The summed E-state index contributed by atoms with van der Waals surface area (Å²) in [5.74, 6) is -0.214. The van der Waals surface area contributed by atoms with Crippen molar-refractivity contribution in [3.05, 3.63) is 22.7 Å². The normalized spacial score (nSPS) is 16.6. The third-order valence-corrected chi connectivity index (χ3v) is 3.60. The van der Waals surface area contributed by atoms with Gasteiger partial charge in [-0.3, -0.25) is 9.59 Å². The highest BCUT2D eigenvalue weighted by atomic mass is 16.4. The van der Waals surface area contributed by atoms with E-state index in [2.05, 4.69) is 18.8 Å². The van der Waals surface area contributed by atoms with Gasteiger partial charge in [0.2, 0.25) is 0 Å². The maximum atomic E-state index is 12.4. The van der Waals surface area contributed by atoms with E-state index in [9.17, 15) is 9.59 Å². The molecule has 0 bridgehead atoms. The van der Waals surface area contributed by atoms with E-state index in [1.807, 2.05) is 4.90 Å². The van der Waals surface area contributed by atoms with E-state index < -0.39 is 5.97 Å². The number of carbonyl (C=O) groups is 1. The molecule has 0 amide bonds. The fraction of sp³-hybridized carbons (Fsp3) is 0.643. The Balaban J connectivity index is 2.14. The number of rotatable bonds is 4. The van der Waals surface area contributed by atoms with Gasteiger partial charge in [-0.25, -0.2) is 4.98 Å². The van der Waals surface area contributed by atoms with E-state index in [0.29, 0.717) is 44.2 Å². The Labute approximate surface area is 118 Å². The van der Waals surface area contributed by atoms with E-state index in [4.69, 9.17) is 5.11 Å². The molecule has 0 aromatic carbocycles. The molecule has 1 aliphatic heterocycles. The summed E-state index contributed by atoms with van der Waals surface area (Å²) in [5, 5.41) is 8.99. The van der Waals surface area contributed by atoms with Gasteiger partial charge in [0.15, 0.2) is 5.82 Å². The summed E-state index contributed by atoms with van der Waals surface area (Å²) in [5.41, 5.74) is -0.0880. The van der Waals surface area contributed by atoms with Crippen molar-refractivity contribution in [1.82, 2.24) is 9.55 Å². The largest absolute Gasteiger partial charge is 0.481 e. The van der Waals surface area contributed by atoms with E-state index in [1.165, 1.54) is 0 Å². The second-order valence-corrected chi connectivity index (χ2v) is 5.70. The molecule has 1 N–H and O–H groups in total. The van der Waals surface area contributed by atoms with E-state index in [0.717, 1.165) is 0 Å². The number of anilines is 1. The first-order chi connectivity index (χ1) is 9.49. The van der Waals surface area contributed by atoms with Crippen LogP contribution in [0.2, 0.25) is 0 Å². The highest BCUT2D eigenvalue weighted by Crippen LogP contribution is 2.19. The van der Waals surface area contributed by atoms with Crippen molar-refractivity contribution in [2.24, 2.45) is 11.8 Å². The lowest BCUT2D eigenvalue weighted by Crippen LogP contribution is -2.40. The number of hydrogen-bond acceptors (Lipinski definition) is 4. The first-order valence-corrected chi connectivity index (χ1v) is 7.02. The number of carboxylic acids is 1. The Hall–Kier alpha value is -1.85. The second kappa shape index (κ2) is 6.07. The number of aromatic nitrogens is 2. The standard InChI is InChI=1S/C14H21N3O3/c1-10(2)9-17-8-5-15-12(13(17)18)16-6-3-11(4-7-16)14(19)20/h5,8,10-11H,3-4,6-7,9H2,1-2H3,(H,19,20). The minimum absolute atomic E-state index is 0.0880. The zero-order valence-corrected chi connectivity index (χ0v) is 12.0. The number of carboxylic acid groups (broad SMARTS) is 1. The summed E-state index contributed by atoms with van der Waals surface area (Å²) in [6.45, 7) is 5.94. The van der Waals surface area contributed by atoms with Crippen LogP contribution in [0.25, 0.3) is 0 Å². The van der Waals surface area contributed by atoms with Gasteiger partial charge < -0.3 is 14.6 Å². The molecule has 1 saturated heterocycles. The van der Waals surface area contributed by atoms with Crippen LogP contribution in [-0.2, 0) is 11.3 Å². The van der Waals surface area contributed by atoms with Gasteiger partial charge in [0.25, 0.3) is 5.56 Å². The van der Waals surface area contributed by atoms with Crippen LogP contribution < -0.4 is 10.5 Å². The molecule has 0 aliphatic carbocycles. The first-order valence-electron chi connectivity index (χ1n) is 7.02. The van der Waals surface area contributed by atoms with E-state index in [1.54, 1.807) is 17.0 Å². The Morgan fingerprint density at radius 3 is 2.65 bits per heavy atom. The minimum atomic E-state index is -0.747. The fourth-order valence-corrected chi connectivity index (χ4v) is 2.53. The number of hydrogen-bond donors (Lipinski definition) is 1. The summed E-state index contributed by atoms with van der Waals surface area (Å²) in [7, 11) is 0. The Morgan fingerprint density at radius 1 is 1.45 bits per heavy atom. The maximum Gasteiger partial charge on any atom is 0.306 e. The zero-order chi connectivity index (χ0) is 14.7. The third-order valence-electron chi connectivity index (χ3n) is 3.60. The minimum Gasteiger partial charge on any atom is -0.481 e. The summed E-state index contributed by atoms with van der Waals surface area (Å²) in [4.78, 5) is 29.4. The Morgan fingerprint density at radius 2 is 2.10 bits per heavy atom. The topological polar surface area (TPSA) is 75.4 Å². The van der Waals surface area contributed by atoms with E-state index >= 15 is 0 Å². The molecule has 110 valence electrons. The lowest BCUT2D eigenvalue weighted by Gasteiger charge is -2.30. The summed E-state index contributed by atoms with van der Waals surface area (Å²) in [6, 6.07) is 0. The van der Waals surface area contributed by atoms with Gasteiger partial charge in [0.1, 0.15) is 0 Å². The number of nitrogens with zero attached hydrogens (tertiary/aromatic N) is 3. The molecular formula is C14H21N3O3. The van der Waals surface area contributed by atoms with Crippen LogP contribution in [-0.4, -0.2) is 33.7 Å². The average Bonchev–Trinajstić information content (AvgIpc) is 2.41. The predicted molar refractivity (Wildman–Crippen MR) is 75.9 cm³/mol. The van der Waals surface area contributed by atoms with Gasteiger partial charge >= 0.3 is 5.97 Å². The van der Waals surface area contributed by atoms with Crippen molar-refractivity contribution < 1.29 is 9.90 Å². The predicted octanol–water partition coefficient (Wildman–Crippen LogP) is 1.20. The van der Waals surface area contributed by atoms with Gasteiger partial charge in [0.05, 0.1) is 5.92 Å². The molecule has 1 aromatic heterocycles. The van der Waals surface area contributed by atoms with Crippen LogP contribution in [0, 0.1) is 11.8 Å². The van der Waals surface area contributed by atoms with Gasteiger partial charge in [-0.15, -0.1) is 0 Å². The number of piperidine rings is 1. The molecule has 2 rings (SSSR count). The number of aliphatic carboxylic acids is 1. The maximum absolute atomic E-state index is 12.4. The molecular weight excluding hydrogens is 258 g/mol. The SMILES string of the molecule is CC(C)Cn1ccnc(N2CCC(C(=O)O)CC2)c1=O. The van der Waals surface area contributed by atoms with Gasteiger partial charge in [-0.05, 0) is 18.8 Å². The third kappa shape index (κ3) is 3.18. The van der Waals surface area contributed by atoms with Crippen molar-refractivity contribution in [1.29, 1.82) is 0 Å². The van der Waals surface area contributed by atoms with Crippen LogP contribution in [0.4, 0.5) is 5.82 Å². The lowest BCUT2D eigenvalue weighted by atomic mass is 9.97. The molecule has 0 unspecified atom stereocenters. The smallest absolute Gasteiger partial charge is 0.306 e. The van der Waals surface area contributed by atoms with Crippen molar-refractivity contribution in [3.63, 3.8) is 0 Å². The average molecular weight is 279 g/mol. The molecule has 1 fully saturated rings. The summed E-state index contributed by atoms with van der Waals surface area (Å²) < 4.78 is 1.68. The lowest BCUT2D eigenvalue weighted by molar-refractivity contribution is -0.142. The van der Waals surface area contributed by atoms with Crippen molar-refractivity contribution in [2.75, 3.05) is 18.0 Å². The molecule has 0 radical (unpaired) electrons. The highest BCUT2D eigenvalue weighted by Gasteiger charge is 2.26. The quantitative estimate of drug-likeness (QED) is 0.896. The molecule has 1 aromatic rings. The Bertz CT molecular complexity index is 531. The second-order valence-electron chi connectivity index (χ2n) is 5.70. The fourth-order valence-electron chi connectivity index (χ4n) is 2.53. The molecule has 0 spiro atoms. The Kier molecular flexibility index (Phi) is 4.42. The molecule has 20 heavy (non-hydrogen) atoms. The monoisotopic (exact) mass is 279 g/mol. The van der Waals surface area contributed by atoms with Crippen molar-refractivity contribution >= 4 is 11.8 Å². The van der Waals surface area contributed by atoms with E-state index in [-0.39, 0.29) is 11.5 Å². The van der Waals surface area contributed by atoms with Crippen LogP contribution in [0.15, 0.2) is 17.2 Å². The van der Waals surface area contributed by atoms with Crippen LogP contribution in [0.3, 0.4) is 0 Å².